The Labute approximate surface area is 211 Å². The van der Waals surface area contributed by atoms with Crippen LogP contribution in [-0.4, -0.2) is 55.1 Å². The summed E-state index contributed by atoms with van der Waals surface area (Å²) in [6.45, 7) is 6.67. The molecular formula is C29H33FN4O2. The van der Waals surface area contributed by atoms with Gasteiger partial charge in [0.1, 0.15) is 17.4 Å². The predicted molar refractivity (Wildman–Crippen MR) is 143 cm³/mol. The number of likely N-dealkylation sites (tertiary alicyclic amines) is 1. The fourth-order valence-electron chi connectivity index (χ4n) is 5.30. The third kappa shape index (κ3) is 5.36. The van der Waals surface area contributed by atoms with E-state index in [1.165, 1.54) is 64.1 Å². The van der Waals surface area contributed by atoms with Crippen LogP contribution in [0.15, 0.2) is 48.5 Å². The van der Waals surface area contributed by atoms with Crippen molar-refractivity contribution in [3.05, 3.63) is 65.5 Å². The smallest absolute Gasteiger partial charge is 0.248 e. The predicted octanol–water partition coefficient (Wildman–Crippen LogP) is 5.41. The van der Waals surface area contributed by atoms with Gasteiger partial charge in [0, 0.05) is 47.9 Å². The number of fused-ring (bicyclic) bond motifs is 1. The molecule has 188 valence electrons. The number of methoxy groups -OCH3 is 1. The van der Waals surface area contributed by atoms with E-state index >= 15 is 0 Å². The van der Waals surface area contributed by atoms with E-state index in [9.17, 15) is 9.18 Å². The summed E-state index contributed by atoms with van der Waals surface area (Å²) in [4.78, 5) is 22.5. The Morgan fingerprint density at radius 1 is 1.08 bits per heavy atom. The molecular weight excluding hydrogens is 455 g/mol. The molecule has 7 heteroatoms. The standard InChI is InChI=1S/C29H33FN4O2/c1-20-17-28(34-15-11-23(12-16-34)33-13-3-4-14-33)32-27-9-7-22(18-25(20)27)31-29(35)10-6-21-5-8-24(36-2)19-26(21)30/h5-10,17-19,23H,3-4,11-16H2,1-2H3,(H,31,35)/b10-6+. The molecule has 1 N–H and O–H groups in total. The van der Waals surface area contributed by atoms with Gasteiger partial charge in [-0.05, 0) is 93.7 Å². The number of aromatic nitrogens is 1. The molecule has 0 bridgehead atoms. The number of piperidine rings is 1. The van der Waals surface area contributed by atoms with Crippen LogP contribution in [0.5, 0.6) is 5.75 Å². The second-order valence-corrected chi connectivity index (χ2v) is 9.70. The number of anilines is 2. The minimum Gasteiger partial charge on any atom is -0.497 e. The Morgan fingerprint density at radius 2 is 1.86 bits per heavy atom. The molecule has 0 spiro atoms. The van der Waals surface area contributed by atoms with Crippen LogP contribution in [0.1, 0.15) is 36.8 Å². The normalized spacial score (nSPS) is 17.2. The van der Waals surface area contributed by atoms with Crippen LogP contribution in [0, 0.1) is 12.7 Å². The van der Waals surface area contributed by atoms with Crippen LogP contribution in [0.25, 0.3) is 17.0 Å². The van der Waals surface area contributed by atoms with Gasteiger partial charge in [0.05, 0.1) is 12.6 Å². The van der Waals surface area contributed by atoms with Gasteiger partial charge in [-0.3, -0.25) is 4.79 Å². The Morgan fingerprint density at radius 3 is 2.58 bits per heavy atom. The van der Waals surface area contributed by atoms with E-state index in [1.54, 1.807) is 12.1 Å². The first-order valence-electron chi connectivity index (χ1n) is 12.7. The summed E-state index contributed by atoms with van der Waals surface area (Å²) in [5, 5.41) is 3.88. The summed E-state index contributed by atoms with van der Waals surface area (Å²) < 4.78 is 19.1. The summed E-state index contributed by atoms with van der Waals surface area (Å²) >= 11 is 0. The van der Waals surface area contributed by atoms with Gasteiger partial charge < -0.3 is 19.9 Å². The molecule has 2 aromatic carbocycles. The van der Waals surface area contributed by atoms with Crippen molar-refractivity contribution in [1.82, 2.24) is 9.88 Å². The van der Waals surface area contributed by atoms with Gasteiger partial charge in [0.25, 0.3) is 0 Å². The first-order chi connectivity index (χ1) is 17.5. The molecule has 2 fully saturated rings. The van der Waals surface area contributed by atoms with Crippen molar-refractivity contribution in [3.8, 4) is 5.75 Å². The average Bonchev–Trinajstić information content (AvgIpc) is 3.43. The van der Waals surface area contributed by atoms with E-state index in [0.717, 1.165) is 35.4 Å². The van der Waals surface area contributed by atoms with Crippen LogP contribution in [0.2, 0.25) is 0 Å². The number of carbonyl (C=O) groups excluding carboxylic acids is 1. The lowest BCUT2D eigenvalue weighted by molar-refractivity contribution is -0.111. The van der Waals surface area contributed by atoms with Crippen molar-refractivity contribution >= 4 is 34.4 Å². The number of amides is 1. The number of halogens is 1. The number of rotatable bonds is 6. The summed E-state index contributed by atoms with van der Waals surface area (Å²) in [5.74, 6) is 0.694. The zero-order valence-electron chi connectivity index (χ0n) is 21.0. The molecule has 3 heterocycles. The van der Waals surface area contributed by atoms with Gasteiger partial charge in [0.2, 0.25) is 5.91 Å². The quantitative estimate of drug-likeness (QED) is 0.471. The maximum atomic E-state index is 14.1. The Kier molecular flexibility index (Phi) is 7.18. The van der Waals surface area contributed by atoms with Crippen molar-refractivity contribution in [2.45, 2.75) is 38.6 Å². The Hall–Kier alpha value is -3.45. The lowest BCUT2D eigenvalue weighted by Crippen LogP contribution is -2.44. The molecule has 6 nitrogen and oxygen atoms in total. The molecule has 0 saturated carbocycles. The Bertz CT molecular complexity index is 1280. The number of nitrogens with zero attached hydrogens (tertiary/aromatic N) is 3. The van der Waals surface area contributed by atoms with E-state index in [4.69, 9.17) is 9.72 Å². The lowest BCUT2D eigenvalue weighted by atomic mass is 10.0. The molecule has 1 amide bonds. The molecule has 2 saturated heterocycles. The van der Waals surface area contributed by atoms with Gasteiger partial charge in [-0.25, -0.2) is 9.37 Å². The van der Waals surface area contributed by atoms with Crippen molar-refractivity contribution < 1.29 is 13.9 Å². The zero-order valence-corrected chi connectivity index (χ0v) is 21.0. The molecule has 0 atom stereocenters. The maximum Gasteiger partial charge on any atom is 0.248 e. The molecule has 3 aromatic rings. The van der Waals surface area contributed by atoms with Crippen LogP contribution in [0.3, 0.4) is 0 Å². The molecule has 0 aliphatic carbocycles. The molecule has 2 aliphatic rings. The van der Waals surface area contributed by atoms with E-state index in [2.05, 4.69) is 28.1 Å². The summed E-state index contributed by atoms with van der Waals surface area (Å²) in [6.07, 6.45) is 7.85. The fourth-order valence-corrected chi connectivity index (χ4v) is 5.30. The molecule has 0 radical (unpaired) electrons. The average molecular weight is 489 g/mol. The highest BCUT2D eigenvalue weighted by Gasteiger charge is 2.27. The fraction of sp³-hybridized carbons (Fsp3) is 0.379. The number of aryl methyl sites for hydroxylation is 1. The molecule has 36 heavy (non-hydrogen) atoms. The number of hydrogen-bond acceptors (Lipinski definition) is 5. The number of nitrogens with one attached hydrogen (secondary N) is 1. The summed E-state index contributed by atoms with van der Waals surface area (Å²) in [7, 11) is 1.48. The van der Waals surface area contributed by atoms with Gasteiger partial charge in [-0.15, -0.1) is 0 Å². The second kappa shape index (κ2) is 10.7. The lowest BCUT2D eigenvalue weighted by Gasteiger charge is -2.37. The highest BCUT2D eigenvalue weighted by Crippen LogP contribution is 2.28. The van der Waals surface area contributed by atoms with Crippen LogP contribution >= 0.6 is 0 Å². The Balaban J connectivity index is 1.25. The number of ether oxygens (including phenoxy) is 1. The molecule has 5 rings (SSSR count). The largest absolute Gasteiger partial charge is 0.497 e. The number of pyridine rings is 1. The van der Waals surface area contributed by atoms with Crippen molar-refractivity contribution in [2.24, 2.45) is 0 Å². The second-order valence-electron chi connectivity index (χ2n) is 9.70. The highest BCUT2D eigenvalue weighted by atomic mass is 19.1. The van der Waals surface area contributed by atoms with Crippen LogP contribution in [-0.2, 0) is 4.79 Å². The molecule has 0 unspecified atom stereocenters. The SMILES string of the molecule is COc1ccc(/C=C/C(=O)Nc2ccc3nc(N4CCC(N5CCCC5)CC4)cc(C)c3c2)c(F)c1. The number of hydrogen-bond donors (Lipinski definition) is 1. The number of benzene rings is 2. The van der Waals surface area contributed by atoms with E-state index in [0.29, 0.717) is 23.0 Å². The van der Waals surface area contributed by atoms with Crippen molar-refractivity contribution in [2.75, 3.05) is 43.5 Å². The first kappa shape index (κ1) is 24.3. The first-order valence-corrected chi connectivity index (χ1v) is 12.7. The summed E-state index contributed by atoms with van der Waals surface area (Å²) in [6, 6.07) is 13.1. The van der Waals surface area contributed by atoms with E-state index in [-0.39, 0.29) is 5.91 Å². The summed E-state index contributed by atoms with van der Waals surface area (Å²) in [5.41, 5.74) is 3.04. The van der Waals surface area contributed by atoms with Gasteiger partial charge >= 0.3 is 0 Å². The highest BCUT2D eigenvalue weighted by molar-refractivity contribution is 6.03. The van der Waals surface area contributed by atoms with E-state index < -0.39 is 5.82 Å². The minimum absolute atomic E-state index is 0.321. The maximum absolute atomic E-state index is 14.1. The van der Waals surface area contributed by atoms with Crippen LogP contribution < -0.4 is 15.0 Å². The molecule has 1 aromatic heterocycles. The van der Waals surface area contributed by atoms with Gasteiger partial charge in [0.15, 0.2) is 0 Å². The molecule has 2 aliphatic heterocycles. The number of carbonyl (C=O) groups is 1. The third-order valence-electron chi connectivity index (χ3n) is 7.34. The zero-order chi connectivity index (χ0) is 25.1. The van der Waals surface area contributed by atoms with Gasteiger partial charge in [-0.2, -0.15) is 0 Å². The monoisotopic (exact) mass is 488 g/mol. The third-order valence-corrected chi connectivity index (χ3v) is 7.34. The van der Waals surface area contributed by atoms with Crippen molar-refractivity contribution in [1.29, 1.82) is 0 Å². The van der Waals surface area contributed by atoms with Crippen LogP contribution in [0.4, 0.5) is 15.9 Å². The minimum atomic E-state index is -0.443. The topological polar surface area (TPSA) is 57.7 Å². The van der Waals surface area contributed by atoms with Gasteiger partial charge in [-0.1, -0.05) is 0 Å². The van der Waals surface area contributed by atoms with E-state index in [1.807, 2.05) is 18.2 Å². The van der Waals surface area contributed by atoms with Crippen molar-refractivity contribution in [3.63, 3.8) is 0 Å².